The fourth-order valence-corrected chi connectivity index (χ4v) is 3.36. The highest BCUT2D eigenvalue weighted by Gasteiger charge is 2.63. The van der Waals surface area contributed by atoms with Gasteiger partial charge in [-0.15, -0.1) is 0 Å². The summed E-state index contributed by atoms with van der Waals surface area (Å²) in [5.41, 5.74) is 6.11. The molecule has 0 saturated heterocycles. The topological polar surface area (TPSA) is 56.0 Å². The maximum Gasteiger partial charge on any atom is 0.204 e. The number of pyridine rings is 1. The maximum atomic E-state index is 8.58. The van der Waals surface area contributed by atoms with Crippen LogP contribution in [0.25, 0.3) is 10.8 Å². The summed E-state index contributed by atoms with van der Waals surface area (Å²) < 4.78 is 0.959. The molecule has 1 aromatic heterocycles. The zero-order valence-corrected chi connectivity index (χ0v) is 13.1. The van der Waals surface area contributed by atoms with E-state index >= 15 is 0 Å². The number of hydrogen-bond donors (Lipinski definition) is 1. The molecule has 104 valence electrons. The van der Waals surface area contributed by atoms with Gasteiger partial charge in [0.05, 0.1) is 5.02 Å². The smallest absolute Gasteiger partial charge is 0.204 e. The van der Waals surface area contributed by atoms with Gasteiger partial charge in [-0.25, -0.2) is 0 Å². The molecule has 0 radical (unpaired) electrons. The van der Waals surface area contributed by atoms with E-state index in [2.05, 4.69) is 38.8 Å². The lowest BCUT2D eigenvalue weighted by molar-refractivity contribution is -0.106. The molecule has 2 fully saturated rings. The number of nitrogens with zero attached hydrogens (tertiary/aromatic N) is 1. The normalized spacial score (nSPS) is 21.2. The van der Waals surface area contributed by atoms with E-state index in [1.54, 1.807) is 0 Å². The summed E-state index contributed by atoms with van der Waals surface area (Å²) >= 11 is 9.56. The highest BCUT2D eigenvalue weighted by atomic mass is 79.9. The summed E-state index contributed by atoms with van der Waals surface area (Å²) in [4.78, 5) is 13.2. The number of carbonyl (C=O) groups excluding carboxylic acids is 1. The Kier molecular flexibility index (Phi) is 3.46. The zero-order valence-electron chi connectivity index (χ0n) is 10.8. The number of carbonyl (C=O) groups is 1. The Morgan fingerprint density at radius 2 is 2.05 bits per heavy atom. The van der Waals surface area contributed by atoms with Crippen molar-refractivity contribution in [3.05, 3.63) is 39.6 Å². The molecular formula is C15H14BrClN2O. The second-order valence-electron chi connectivity index (χ2n) is 5.48. The molecule has 2 aliphatic rings. The number of hydrogen-bond acceptors (Lipinski definition) is 2. The Bertz CT molecular complexity index is 685. The first kappa shape index (κ1) is 13.8. The minimum Gasteiger partial charge on any atom is -0.372 e. The molecule has 1 aromatic carbocycles. The van der Waals surface area contributed by atoms with Crippen LogP contribution in [0.3, 0.4) is 0 Å². The molecule has 5 heteroatoms. The van der Waals surface area contributed by atoms with E-state index in [9.17, 15) is 0 Å². The number of aromatic nitrogens is 1. The van der Waals surface area contributed by atoms with Crippen molar-refractivity contribution in [1.29, 1.82) is 0 Å². The first-order valence-corrected chi connectivity index (χ1v) is 7.67. The summed E-state index contributed by atoms with van der Waals surface area (Å²) in [5, 5.41) is 3.10. The highest BCUT2D eigenvalue weighted by Crippen LogP contribution is 2.74. The van der Waals surface area contributed by atoms with Gasteiger partial charge < -0.3 is 5.73 Å². The zero-order chi connectivity index (χ0) is 14.3. The summed E-state index contributed by atoms with van der Waals surface area (Å²) in [6, 6.07) is 6.29. The summed E-state index contributed by atoms with van der Waals surface area (Å²) in [7, 11) is 0. The number of rotatable bonds is 1. The largest absolute Gasteiger partial charge is 0.372 e. The Hall–Kier alpha value is -1.13. The van der Waals surface area contributed by atoms with Gasteiger partial charge in [-0.3, -0.25) is 9.78 Å². The van der Waals surface area contributed by atoms with Crippen LogP contribution in [0.1, 0.15) is 30.9 Å². The van der Waals surface area contributed by atoms with Gasteiger partial charge in [0.1, 0.15) is 0 Å². The lowest BCUT2D eigenvalue weighted by Gasteiger charge is -2.04. The summed E-state index contributed by atoms with van der Waals surface area (Å²) in [6.45, 7) is 0. The van der Waals surface area contributed by atoms with Crippen LogP contribution in [-0.4, -0.2) is 11.4 Å². The summed E-state index contributed by atoms with van der Waals surface area (Å²) in [6.07, 6.45) is 6.36. The van der Waals surface area contributed by atoms with Gasteiger partial charge in [0.25, 0.3) is 0 Å². The molecule has 2 aliphatic carbocycles. The second-order valence-corrected chi connectivity index (χ2v) is 6.74. The molecule has 1 heterocycles. The quantitative estimate of drug-likeness (QED) is 0.787. The molecule has 2 saturated carbocycles. The monoisotopic (exact) mass is 352 g/mol. The van der Waals surface area contributed by atoms with Crippen LogP contribution in [0.15, 0.2) is 28.9 Å². The van der Waals surface area contributed by atoms with Gasteiger partial charge in [0, 0.05) is 27.7 Å². The van der Waals surface area contributed by atoms with Crippen LogP contribution < -0.4 is 5.73 Å². The molecule has 1 unspecified atom stereocenters. The van der Waals surface area contributed by atoms with Crippen molar-refractivity contribution in [2.24, 2.45) is 11.1 Å². The first-order valence-electron chi connectivity index (χ1n) is 6.50. The molecule has 2 N–H and O–H groups in total. The number of nitrogens with two attached hydrogens (primary N) is 1. The van der Waals surface area contributed by atoms with Crippen LogP contribution >= 0.6 is 27.5 Å². The second kappa shape index (κ2) is 5.01. The van der Waals surface area contributed by atoms with Gasteiger partial charge in [-0.1, -0.05) is 11.6 Å². The number of primary amides is 1. The molecule has 1 spiro atoms. The van der Waals surface area contributed by atoms with Crippen LogP contribution in [-0.2, 0) is 4.79 Å². The van der Waals surface area contributed by atoms with E-state index in [4.69, 9.17) is 16.4 Å². The number of amides is 1. The van der Waals surface area contributed by atoms with Crippen LogP contribution in [0.4, 0.5) is 0 Å². The fourth-order valence-electron chi connectivity index (χ4n) is 2.82. The van der Waals surface area contributed by atoms with Crippen molar-refractivity contribution >= 4 is 44.7 Å². The molecule has 2 aromatic rings. The Morgan fingerprint density at radius 1 is 1.35 bits per heavy atom. The summed E-state index contributed by atoms with van der Waals surface area (Å²) in [5.74, 6) is 0.723. The Morgan fingerprint density at radius 3 is 2.65 bits per heavy atom. The van der Waals surface area contributed by atoms with E-state index in [-0.39, 0.29) is 6.41 Å². The third-order valence-electron chi connectivity index (χ3n) is 4.22. The molecule has 4 rings (SSSR count). The minimum atomic E-state index is 0.250. The molecule has 0 aliphatic heterocycles. The van der Waals surface area contributed by atoms with Crippen molar-refractivity contribution in [2.75, 3.05) is 0 Å². The van der Waals surface area contributed by atoms with E-state index in [1.807, 2.05) is 12.3 Å². The van der Waals surface area contributed by atoms with Gasteiger partial charge in [0.15, 0.2) is 0 Å². The molecule has 1 atom stereocenters. The van der Waals surface area contributed by atoms with Crippen molar-refractivity contribution in [3.63, 3.8) is 0 Å². The Balaban J connectivity index is 0.000000373. The van der Waals surface area contributed by atoms with Gasteiger partial charge in [-0.05, 0) is 64.2 Å². The van der Waals surface area contributed by atoms with Crippen molar-refractivity contribution in [2.45, 2.75) is 25.2 Å². The molecule has 1 amide bonds. The predicted octanol–water partition coefficient (Wildman–Crippen LogP) is 4.02. The average Bonchev–Trinajstić information content (AvgIpc) is 3.32. The van der Waals surface area contributed by atoms with E-state index < -0.39 is 0 Å². The van der Waals surface area contributed by atoms with Crippen molar-refractivity contribution in [1.82, 2.24) is 4.98 Å². The van der Waals surface area contributed by atoms with Crippen LogP contribution in [0.5, 0.6) is 0 Å². The fraction of sp³-hybridized carbons (Fsp3) is 0.333. The molecule has 3 nitrogen and oxygen atoms in total. The number of fused-ring (bicyclic) bond motifs is 1. The lowest BCUT2D eigenvalue weighted by Crippen LogP contribution is -1.89. The van der Waals surface area contributed by atoms with Gasteiger partial charge >= 0.3 is 0 Å². The van der Waals surface area contributed by atoms with Gasteiger partial charge in [-0.2, -0.15) is 0 Å². The van der Waals surface area contributed by atoms with E-state index in [0.29, 0.717) is 5.41 Å². The standard InChI is InChI=1S/C14H11BrClN.CH3NO/c15-11-3-8-5-13(10-6-14(10)1-2-14)17-7-9(8)4-12(11)16;2-1-3/h3-5,7,10H,1-2,6H2;1H,(H2,2,3). The predicted molar refractivity (Wildman–Crippen MR) is 83.7 cm³/mol. The number of halogens is 2. The molecule has 0 bridgehead atoms. The number of benzene rings is 1. The molecule has 20 heavy (non-hydrogen) atoms. The third kappa shape index (κ3) is 2.42. The molecular weight excluding hydrogens is 340 g/mol. The van der Waals surface area contributed by atoms with E-state index in [1.165, 1.54) is 30.3 Å². The average molecular weight is 354 g/mol. The third-order valence-corrected chi connectivity index (χ3v) is 5.42. The van der Waals surface area contributed by atoms with Crippen LogP contribution in [0.2, 0.25) is 5.02 Å². The van der Waals surface area contributed by atoms with Crippen molar-refractivity contribution < 1.29 is 4.79 Å². The Labute approximate surface area is 130 Å². The van der Waals surface area contributed by atoms with Gasteiger partial charge in [0.2, 0.25) is 6.41 Å². The minimum absolute atomic E-state index is 0.250. The van der Waals surface area contributed by atoms with Crippen molar-refractivity contribution in [3.8, 4) is 0 Å². The van der Waals surface area contributed by atoms with Crippen LogP contribution in [0, 0.1) is 5.41 Å². The maximum absolute atomic E-state index is 8.58. The highest BCUT2D eigenvalue weighted by molar-refractivity contribution is 9.10. The van der Waals surface area contributed by atoms with E-state index in [0.717, 1.165) is 20.8 Å². The SMILES string of the molecule is Clc1cc2cnc(C3CC34CC4)cc2cc1Br.NC=O. The lowest BCUT2D eigenvalue weighted by atomic mass is 10.1. The first-order chi connectivity index (χ1) is 9.59.